The summed E-state index contributed by atoms with van der Waals surface area (Å²) in [5.74, 6) is 0.849. The van der Waals surface area contributed by atoms with Crippen LogP contribution in [0, 0.1) is 6.92 Å². The molecule has 1 N–H and O–H groups in total. The fourth-order valence-corrected chi connectivity index (χ4v) is 2.87. The van der Waals surface area contributed by atoms with Crippen LogP contribution in [0.25, 0.3) is 10.9 Å². The van der Waals surface area contributed by atoms with Gasteiger partial charge in [0.2, 0.25) is 5.75 Å². The van der Waals surface area contributed by atoms with Crippen LogP contribution in [0.3, 0.4) is 0 Å². The maximum Gasteiger partial charge on any atom is 0.282 e. The van der Waals surface area contributed by atoms with Crippen LogP contribution >= 0.6 is 15.9 Å². The fourth-order valence-electron chi connectivity index (χ4n) is 2.51. The molecular weight excluding hydrogens is 402 g/mol. The lowest BCUT2D eigenvalue weighted by molar-refractivity contribution is 0.340. The molecule has 3 rings (SSSR count). The summed E-state index contributed by atoms with van der Waals surface area (Å²) in [5, 5.41) is 14.7. The number of ether oxygens (including phenoxy) is 2. The van der Waals surface area contributed by atoms with Crippen LogP contribution in [0.1, 0.15) is 11.4 Å². The van der Waals surface area contributed by atoms with E-state index in [1.165, 1.54) is 25.1 Å². The van der Waals surface area contributed by atoms with Crippen molar-refractivity contribution in [2.75, 3.05) is 14.2 Å². The third-order valence-electron chi connectivity index (χ3n) is 3.79. The van der Waals surface area contributed by atoms with Gasteiger partial charge in [-0.15, -0.1) is 0 Å². The molecule has 0 aliphatic heterocycles. The molecule has 3 aromatic rings. The van der Waals surface area contributed by atoms with Gasteiger partial charge in [0.05, 0.1) is 31.3 Å². The van der Waals surface area contributed by atoms with E-state index in [1.807, 2.05) is 6.07 Å². The van der Waals surface area contributed by atoms with Crippen molar-refractivity contribution in [3.05, 3.63) is 56.5 Å². The molecule has 8 heteroatoms. The first-order valence-corrected chi connectivity index (χ1v) is 8.42. The molecule has 0 bridgehead atoms. The van der Waals surface area contributed by atoms with Gasteiger partial charge in [-0.2, -0.15) is 9.78 Å². The number of fused-ring (bicyclic) bond motifs is 1. The number of halogens is 1. The van der Waals surface area contributed by atoms with Crippen LogP contribution in [-0.4, -0.2) is 35.2 Å². The van der Waals surface area contributed by atoms with Gasteiger partial charge >= 0.3 is 0 Å². The third-order valence-corrected chi connectivity index (χ3v) is 4.29. The lowest BCUT2D eigenvalue weighted by Crippen LogP contribution is -2.20. The molecule has 0 spiro atoms. The Hall–Kier alpha value is -2.87. The average Bonchev–Trinajstić information content (AvgIpc) is 2.63. The van der Waals surface area contributed by atoms with E-state index in [2.05, 4.69) is 26.0 Å². The van der Waals surface area contributed by atoms with Gasteiger partial charge in [-0.3, -0.25) is 4.79 Å². The van der Waals surface area contributed by atoms with E-state index >= 15 is 0 Å². The quantitative estimate of drug-likeness (QED) is 0.659. The summed E-state index contributed by atoms with van der Waals surface area (Å²) < 4.78 is 12.3. The number of nitrogens with zero attached hydrogens (tertiary/aromatic N) is 3. The van der Waals surface area contributed by atoms with E-state index in [4.69, 9.17) is 9.47 Å². The first-order valence-electron chi connectivity index (χ1n) is 7.63. The molecule has 1 aromatic heterocycles. The molecule has 0 atom stereocenters. The summed E-state index contributed by atoms with van der Waals surface area (Å²) >= 11 is 3.36. The predicted octanol–water partition coefficient (Wildman–Crippen LogP) is 3.07. The molecule has 0 radical (unpaired) electrons. The Labute approximate surface area is 157 Å². The standard InChI is InChI=1S/C18H16BrN3O4/c1-10-21-14-5-4-12(19)8-13(14)18(24)22(10)20-9-11-6-15(25-2)17(23)16(7-11)26-3/h4-9,23H,1-3H3. The zero-order valence-electron chi connectivity index (χ0n) is 14.4. The van der Waals surface area contributed by atoms with Crippen LogP contribution in [0.15, 0.2) is 44.7 Å². The summed E-state index contributed by atoms with van der Waals surface area (Å²) in [5.41, 5.74) is 0.926. The summed E-state index contributed by atoms with van der Waals surface area (Å²) in [6.07, 6.45) is 1.48. The monoisotopic (exact) mass is 417 g/mol. The normalized spacial score (nSPS) is 11.2. The highest BCUT2D eigenvalue weighted by molar-refractivity contribution is 9.10. The summed E-state index contributed by atoms with van der Waals surface area (Å²) in [4.78, 5) is 17.1. The van der Waals surface area contributed by atoms with Gasteiger partial charge < -0.3 is 14.6 Å². The van der Waals surface area contributed by atoms with Crippen molar-refractivity contribution in [1.82, 2.24) is 9.66 Å². The average molecular weight is 418 g/mol. The molecule has 0 aliphatic carbocycles. The van der Waals surface area contributed by atoms with Gasteiger partial charge in [-0.1, -0.05) is 15.9 Å². The number of benzene rings is 2. The number of phenolic OH excluding ortho intramolecular Hbond substituents is 1. The molecule has 134 valence electrons. The minimum atomic E-state index is -0.275. The van der Waals surface area contributed by atoms with Crippen LogP contribution in [0.5, 0.6) is 17.2 Å². The largest absolute Gasteiger partial charge is 0.502 e. The van der Waals surface area contributed by atoms with Crippen LogP contribution < -0.4 is 15.0 Å². The molecular formula is C18H16BrN3O4. The minimum Gasteiger partial charge on any atom is -0.502 e. The lowest BCUT2D eigenvalue weighted by atomic mass is 10.2. The maximum absolute atomic E-state index is 12.7. The first-order chi connectivity index (χ1) is 12.4. The number of hydrogen-bond acceptors (Lipinski definition) is 6. The Balaban J connectivity index is 2.10. The van der Waals surface area contributed by atoms with Crippen LogP contribution in [-0.2, 0) is 0 Å². The van der Waals surface area contributed by atoms with E-state index in [0.717, 1.165) is 4.47 Å². The maximum atomic E-state index is 12.7. The molecule has 0 aliphatic rings. The Kier molecular flexibility index (Phi) is 4.94. The Bertz CT molecular complexity index is 1050. The Morgan fingerprint density at radius 1 is 1.19 bits per heavy atom. The van der Waals surface area contributed by atoms with Crippen molar-refractivity contribution in [2.24, 2.45) is 5.10 Å². The third kappa shape index (κ3) is 3.28. The van der Waals surface area contributed by atoms with Gasteiger partial charge in [0.1, 0.15) is 5.82 Å². The predicted molar refractivity (Wildman–Crippen MR) is 103 cm³/mol. The van der Waals surface area contributed by atoms with Crippen molar-refractivity contribution in [3.8, 4) is 17.2 Å². The van der Waals surface area contributed by atoms with Crippen molar-refractivity contribution in [3.63, 3.8) is 0 Å². The highest BCUT2D eigenvalue weighted by Gasteiger charge is 2.11. The summed E-state index contributed by atoms with van der Waals surface area (Å²) in [6.45, 7) is 1.71. The van der Waals surface area contributed by atoms with Gasteiger partial charge in [0, 0.05) is 10.0 Å². The molecule has 0 amide bonds. The second-order valence-corrected chi connectivity index (χ2v) is 6.37. The number of rotatable bonds is 4. The zero-order chi connectivity index (χ0) is 18.8. The SMILES string of the molecule is COc1cc(C=Nn2c(C)nc3ccc(Br)cc3c2=O)cc(OC)c1O. The van der Waals surface area contributed by atoms with Gasteiger partial charge in [0.15, 0.2) is 11.5 Å². The van der Waals surface area contributed by atoms with Gasteiger partial charge in [0.25, 0.3) is 5.56 Å². The van der Waals surface area contributed by atoms with E-state index < -0.39 is 0 Å². The second kappa shape index (κ2) is 7.17. The van der Waals surface area contributed by atoms with Crippen LogP contribution in [0.2, 0.25) is 0 Å². The molecule has 0 saturated heterocycles. The number of aromatic hydroxyl groups is 1. The highest BCUT2D eigenvalue weighted by atomic mass is 79.9. The van der Waals surface area contributed by atoms with E-state index in [9.17, 15) is 9.90 Å². The van der Waals surface area contributed by atoms with E-state index in [-0.39, 0.29) is 22.8 Å². The van der Waals surface area contributed by atoms with Gasteiger partial charge in [-0.25, -0.2) is 4.98 Å². The molecule has 0 unspecified atom stereocenters. The highest BCUT2D eigenvalue weighted by Crippen LogP contribution is 2.36. The molecule has 7 nitrogen and oxygen atoms in total. The number of hydrogen-bond donors (Lipinski definition) is 1. The van der Waals surface area contributed by atoms with Crippen molar-refractivity contribution < 1.29 is 14.6 Å². The zero-order valence-corrected chi connectivity index (χ0v) is 15.9. The van der Waals surface area contributed by atoms with Gasteiger partial charge in [-0.05, 0) is 37.3 Å². The first kappa shape index (κ1) is 17.9. The number of aromatic nitrogens is 2. The summed E-state index contributed by atoms with van der Waals surface area (Å²) in [6, 6.07) is 8.50. The lowest BCUT2D eigenvalue weighted by Gasteiger charge is -2.09. The number of methoxy groups -OCH3 is 2. The van der Waals surface area contributed by atoms with Crippen molar-refractivity contribution >= 4 is 33.0 Å². The van der Waals surface area contributed by atoms with Crippen molar-refractivity contribution in [2.45, 2.75) is 6.92 Å². The fraction of sp³-hybridized carbons (Fsp3) is 0.167. The van der Waals surface area contributed by atoms with Crippen LogP contribution in [0.4, 0.5) is 0 Å². The second-order valence-electron chi connectivity index (χ2n) is 5.46. The Morgan fingerprint density at radius 3 is 2.46 bits per heavy atom. The summed E-state index contributed by atoms with van der Waals surface area (Å²) in [7, 11) is 2.88. The Morgan fingerprint density at radius 2 is 1.85 bits per heavy atom. The molecule has 0 fully saturated rings. The molecule has 2 aromatic carbocycles. The smallest absolute Gasteiger partial charge is 0.282 e. The van der Waals surface area contributed by atoms with E-state index in [1.54, 1.807) is 31.2 Å². The number of phenols is 1. The molecule has 1 heterocycles. The molecule has 0 saturated carbocycles. The molecule has 26 heavy (non-hydrogen) atoms. The minimum absolute atomic E-state index is 0.0993. The van der Waals surface area contributed by atoms with E-state index in [0.29, 0.717) is 22.3 Å². The number of aryl methyl sites for hydroxylation is 1. The topological polar surface area (TPSA) is 85.9 Å². The van der Waals surface area contributed by atoms with Crippen molar-refractivity contribution in [1.29, 1.82) is 0 Å².